The third-order valence-corrected chi connectivity index (χ3v) is 3.23. The Balaban J connectivity index is 2.08. The van der Waals surface area contributed by atoms with Crippen molar-refractivity contribution in [2.75, 3.05) is 0 Å². The lowest BCUT2D eigenvalue weighted by Gasteiger charge is -2.07. The summed E-state index contributed by atoms with van der Waals surface area (Å²) in [6.07, 6.45) is 1.66. The molecule has 5 nitrogen and oxygen atoms in total. The summed E-state index contributed by atoms with van der Waals surface area (Å²) >= 11 is 0. The monoisotopic (exact) mass is 279 g/mol. The molecule has 3 rings (SSSR count). The van der Waals surface area contributed by atoms with E-state index in [1.54, 1.807) is 35.1 Å². The minimum Gasteiger partial charge on any atom is -0.478 e. The van der Waals surface area contributed by atoms with Crippen LogP contribution in [0.1, 0.15) is 15.9 Å². The van der Waals surface area contributed by atoms with Gasteiger partial charge in [-0.1, -0.05) is 41.1 Å². The number of aromatic carboxylic acids is 1. The van der Waals surface area contributed by atoms with Crippen LogP contribution in [0.2, 0.25) is 0 Å². The fourth-order valence-corrected chi connectivity index (χ4v) is 2.12. The normalized spacial score (nSPS) is 10.5. The Morgan fingerprint density at radius 2 is 1.90 bits per heavy atom. The molecule has 0 aliphatic heterocycles. The van der Waals surface area contributed by atoms with Crippen LogP contribution in [0.4, 0.5) is 0 Å². The second-order valence-corrected chi connectivity index (χ2v) is 4.75. The lowest BCUT2D eigenvalue weighted by atomic mass is 10.1. The Bertz CT molecular complexity index is 791. The number of aryl methyl sites for hydroxylation is 1. The molecule has 0 bridgehead atoms. The molecule has 1 N–H and O–H groups in total. The van der Waals surface area contributed by atoms with Crippen LogP contribution in [0, 0.1) is 6.92 Å². The number of aromatic nitrogens is 3. The number of hydrogen-bond acceptors (Lipinski definition) is 3. The lowest BCUT2D eigenvalue weighted by Crippen LogP contribution is -2.02. The third kappa shape index (κ3) is 2.53. The molecular formula is C16H13N3O2. The number of benzene rings is 2. The molecule has 0 radical (unpaired) electrons. The van der Waals surface area contributed by atoms with E-state index in [1.165, 1.54) is 5.56 Å². The Labute approximate surface area is 121 Å². The van der Waals surface area contributed by atoms with Gasteiger partial charge in [-0.15, -0.1) is 5.10 Å². The number of nitrogens with zero attached hydrogens (tertiary/aromatic N) is 3. The predicted octanol–water partition coefficient (Wildman–Crippen LogP) is 2.94. The Kier molecular flexibility index (Phi) is 3.23. The molecule has 0 amide bonds. The van der Waals surface area contributed by atoms with Crippen molar-refractivity contribution >= 4 is 5.97 Å². The van der Waals surface area contributed by atoms with Crippen LogP contribution in [-0.4, -0.2) is 26.1 Å². The van der Waals surface area contributed by atoms with Gasteiger partial charge >= 0.3 is 5.97 Å². The first-order chi connectivity index (χ1) is 10.1. The summed E-state index contributed by atoms with van der Waals surface area (Å²) in [4.78, 5) is 11.1. The predicted molar refractivity (Wildman–Crippen MR) is 78.5 cm³/mol. The first-order valence-corrected chi connectivity index (χ1v) is 6.46. The SMILES string of the molecule is Cc1ccc(-c2cnnn2-c2cccc(C(=O)O)c2)cc1. The molecule has 0 aliphatic carbocycles. The number of carboxylic acid groups (broad SMARTS) is 1. The molecule has 3 aromatic rings. The first kappa shape index (κ1) is 13.1. The largest absolute Gasteiger partial charge is 0.478 e. The van der Waals surface area contributed by atoms with E-state index in [2.05, 4.69) is 10.3 Å². The summed E-state index contributed by atoms with van der Waals surface area (Å²) in [7, 11) is 0. The Morgan fingerprint density at radius 1 is 1.14 bits per heavy atom. The van der Waals surface area contributed by atoms with Gasteiger partial charge in [-0.25, -0.2) is 9.48 Å². The van der Waals surface area contributed by atoms with E-state index in [0.29, 0.717) is 5.69 Å². The van der Waals surface area contributed by atoms with Gasteiger partial charge in [-0.05, 0) is 25.1 Å². The maximum atomic E-state index is 11.1. The van der Waals surface area contributed by atoms with Crippen molar-refractivity contribution in [3.05, 3.63) is 65.9 Å². The van der Waals surface area contributed by atoms with E-state index in [0.717, 1.165) is 11.3 Å². The lowest BCUT2D eigenvalue weighted by molar-refractivity contribution is 0.0697. The maximum absolute atomic E-state index is 11.1. The molecule has 0 atom stereocenters. The molecular weight excluding hydrogens is 266 g/mol. The van der Waals surface area contributed by atoms with Gasteiger partial charge in [0.2, 0.25) is 0 Å². The highest BCUT2D eigenvalue weighted by molar-refractivity contribution is 5.88. The van der Waals surface area contributed by atoms with Gasteiger partial charge in [0.1, 0.15) is 0 Å². The average molecular weight is 279 g/mol. The van der Waals surface area contributed by atoms with Crippen LogP contribution in [0.25, 0.3) is 16.9 Å². The summed E-state index contributed by atoms with van der Waals surface area (Å²) in [5.74, 6) is -0.964. The van der Waals surface area contributed by atoms with Gasteiger partial charge < -0.3 is 5.11 Å². The van der Waals surface area contributed by atoms with Crippen molar-refractivity contribution in [3.8, 4) is 16.9 Å². The second-order valence-electron chi connectivity index (χ2n) is 4.75. The van der Waals surface area contributed by atoms with Crippen molar-refractivity contribution in [1.29, 1.82) is 0 Å². The zero-order chi connectivity index (χ0) is 14.8. The molecule has 0 saturated heterocycles. The van der Waals surface area contributed by atoms with Crippen molar-refractivity contribution in [3.63, 3.8) is 0 Å². The maximum Gasteiger partial charge on any atom is 0.335 e. The van der Waals surface area contributed by atoms with Gasteiger partial charge in [0.25, 0.3) is 0 Å². The molecule has 21 heavy (non-hydrogen) atoms. The highest BCUT2D eigenvalue weighted by atomic mass is 16.4. The topological polar surface area (TPSA) is 68.0 Å². The van der Waals surface area contributed by atoms with Crippen molar-refractivity contribution in [2.45, 2.75) is 6.92 Å². The molecule has 1 aromatic heterocycles. The average Bonchev–Trinajstić information content (AvgIpc) is 2.97. The van der Waals surface area contributed by atoms with E-state index in [9.17, 15) is 4.79 Å². The summed E-state index contributed by atoms with van der Waals surface area (Å²) in [5, 5.41) is 17.1. The summed E-state index contributed by atoms with van der Waals surface area (Å²) in [5.41, 5.74) is 3.86. The minimum atomic E-state index is -0.964. The van der Waals surface area contributed by atoms with Crippen molar-refractivity contribution in [1.82, 2.24) is 15.0 Å². The van der Waals surface area contributed by atoms with Crippen LogP contribution in [0.5, 0.6) is 0 Å². The molecule has 2 aromatic carbocycles. The first-order valence-electron chi connectivity index (χ1n) is 6.46. The smallest absolute Gasteiger partial charge is 0.335 e. The fourth-order valence-electron chi connectivity index (χ4n) is 2.12. The minimum absolute atomic E-state index is 0.220. The summed E-state index contributed by atoms with van der Waals surface area (Å²) in [6, 6.07) is 14.6. The fraction of sp³-hybridized carbons (Fsp3) is 0.0625. The van der Waals surface area contributed by atoms with Gasteiger partial charge in [0, 0.05) is 5.56 Å². The third-order valence-electron chi connectivity index (χ3n) is 3.23. The quantitative estimate of drug-likeness (QED) is 0.800. The molecule has 1 heterocycles. The molecule has 0 unspecified atom stereocenters. The van der Waals surface area contributed by atoms with E-state index in [1.807, 2.05) is 31.2 Å². The van der Waals surface area contributed by atoms with E-state index in [-0.39, 0.29) is 5.56 Å². The number of carbonyl (C=O) groups is 1. The van der Waals surface area contributed by atoms with Crippen LogP contribution in [-0.2, 0) is 0 Å². The van der Waals surface area contributed by atoms with Crippen molar-refractivity contribution in [2.24, 2.45) is 0 Å². The highest BCUT2D eigenvalue weighted by Gasteiger charge is 2.10. The number of rotatable bonds is 3. The summed E-state index contributed by atoms with van der Waals surface area (Å²) < 4.78 is 1.64. The van der Waals surface area contributed by atoms with Crippen LogP contribution in [0.3, 0.4) is 0 Å². The standard InChI is InChI=1S/C16H13N3O2/c1-11-5-7-12(8-6-11)15-10-17-18-19(15)14-4-2-3-13(9-14)16(20)21/h2-10H,1H3,(H,20,21). The van der Waals surface area contributed by atoms with E-state index < -0.39 is 5.97 Å². The van der Waals surface area contributed by atoms with Crippen LogP contribution < -0.4 is 0 Å². The van der Waals surface area contributed by atoms with Gasteiger partial charge in [0.15, 0.2) is 0 Å². The van der Waals surface area contributed by atoms with Gasteiger partial charge in [-0.2, -0.15) is 0 Å². The summed E-state index contributed by atoms with van der Waals surface area (Å²) in [6.45, 7) is 2.02. The molecule has 104 valence electrons. The van der Waals surface area contributed by atoms with E-state index >= 15 is 0 Å². The number of carboxylic acids is 1. The van der Waals surface area contributed by atoms with Gasteiger partial charge in [-0.3, -0.25) is 0 Å². The van der Waals surface area contributed by atoms with Crippen molar-refractivity contribution < 1.29 is 9.90 Å². The zero-order valence-electron chi connectivity index (χ0n) is 11.4. The molecule has 0 saturated carbocycles. The zero-order valence-corrected chi connectivity index (χ0v) is 11.4. The molecule has 0 spiro atoms. The highest BCUT2D eigenvalue weighted by Crippen LogP contribution is 2.22. The molecule has 0 fully saturated rings. The number of hydrogen-bond donors (Lipinski definition) is 1. The Morgan fingerprint density at radius 3 is 2.62 bits per heavy atom. The van der Waals surface area contributed by atoms with E-state index in [4.69, 9.17) is 5.11 Å². The Hall–Kier alpha value is -2.95. The van der Waals surface area contributed by atoms with Gasteiger partial charge in [0.05, 0.1) is 23.1 Å². The second kappa shape index (κ2) is 5.20. The van der Waals surface area contributed by atoms with Crippen LogP contribution in [0.15, 0.2) is 54.7 Å². The van der Waals surface area contributed by atoms with Crippen LogP contribution >= 0.6 is 0 Å². The molecule has 0 aliphatic rings. The molecule has 5 heteroatoms.